The summed E-state index contributed by atoms with van der Waals surface area (Å²) in [4.78, 5) is 0. The lowest BCUT2D eigenvalue weighted by Crippen LogP contribution is -2.45. The molecule has 0 aromatic rings. The third kappa shape index (κ3) is 3.31. The summed E-state index contributed by atoms with van der Waals surface area (Å²) in [6.07, 6.45) is -0.259. The minimum absolute atomic E-state index is 0.121. The number of nitrogens with zero attached hydrogens (tertiary/aromatic N) is 1. The van der Waals surface area contributed by atoms with Gasteiger partial charge in [-0.1, -0.05) is 0 Å². The van der Waals surface area contributed by atoms with Crippen molar-refractivity contribution in [2.75, 3.05) is 6.61 Å². The zero-order valence-corrected chi connectivity index (χ0v) is 9.03. The van der Waals surface area contributed by atoms with Gasteiger partial charge in [0.15, 0.2) is 0 Å². The number of hydrogen-bond donors (Lipinski definition) is 0. The Morgan fingerprint density at radius 2 is 1.81 bits per heavy atom. The molecule has 0 rings (SSSR count). The molecule has 0 aromatic heterocycles. The topological polar surface area (TPSA) is 67.2 Å². The molecule has 4 nitrogen and oxygen atoms in total. The fourth-order valence-electron chi connectivity index (χ4n) is 0.613. The lowest BCUT2D eigenvalue weighted by molar-refractivity contribution is -0.148. The molecule has 16 heavy (non-hydrogen) atoms. The summed E-state index contributed by atoms with van der Waals surface area (Å²) in [6, 6.07) is 1.61. The standard InChI is InChI=1S/C7H9F4NO3S/c1-6(8,9)7(10,11)16(13,14)15-5-3-2-4-12/h2-3,5H2,1H3. The van der Waals surface area contributed by atoms with Gasteiger partial charge in [0.05, 0.1) is 12.7 Å². The molecule has 0 heterocycles. The van der Waals surface area contributed by atoms with E-state index in [2.05, 4.69) is 4.18 Å². The highest BCUT2D eigenvalue weighted by atomic mass is 32.2. The van der Waals surface area contributed by atoms with Crippen LogP contribution in [0.15, 0.2) is 0 Å². The van der Waals surface area contributed by atoms with Gasteiger partial charge in [-0.25, -0.2) is 0 Å². The van der Waals surface area contributed by atoms with Gasteiger partial charge in [0, 0.05) is 13.3 Å². The average molecular weight is 263 g/mol. The average Bonchev–Trinajstić information content (AvgIpc) is 2.10. The minimum atomic E-state index is -5.69. The first kappa shape index (κ1) is 15.1. The molecule has 0 N–H and O–H groups in total. The van der Waals surface area contributed by atoms with Crippen LogP contribution in [-0.2, 0) is 14.3 Å². The first-order valence-corrected chi connectivity index (χ1v) is 5.48. The monoisotopic (exact) mass is 263 g/mol. The van der Waals surface area contributed by atoms with Crippen molar-refractivity contribution in [2.24, 2.45) is 0 Å². The van der Waals surface area contributed by atoms with Gasteiger partial charge in [0.2, 0.25) is 0 Å². The number of alkyl halides is 4. The molecule has 0 radical (unpaired) electrons. The summed E-state index contributed by atoms with van der Waals surface area (Å²) in [7, 11) is -5.69. The zero-order valence-electron chi connectivity index (χ0n) is 8.21. The molecule has 9 heteroatoms. The molecule has 0 amide bonds. The van der Waals surface area contributed by atoms with Crippen LogP contribution < -0.4 is 0 Å². The second kappa shape index (κ2) is 4.97. The van der Waals surface area contributed by atoms with Gasteiger partial charge in [-0.2, -0.15) is 31.2 Å². The van der Waals surface area contributed by atoms with Crippen LogP contribution in [0.25, 0.3) is 0 Å². The highest BCUT2D eigenvalue weighted by Crippen LogP contribution is 2.39. The lowest BCUT2D eigenvalue weighted by Gasteiger charge is -2.21. The number of halogens is 4. The van der Waals surface area contributed by atoms with E-state index in [1.807, 2.05) is 0 Å². The maximum atomic E-state index is 12.7. The van der Waals surface area contributed by atoms with Crippen molar-refractivity contribution >= 4 is 10.1 Å². The Hall–Kier alpha value is -0.880. The van der Waals surface area contributed by atoms with E-state index in [0.29, 0.717) is 0 Å². The van der Waals surface area contributed by atoms with Gasteiger partial charge in [0.1, 0.15) is 0 Å². The normalized spacial score (nSPS) is 13.5. The smallest absolute Gasteiger partial charge is 0.265 e. The van der Waals surface area contributed by atoms with Crippen molar-refractivity contribution in [1.29, 1.82) is 5.26 Å². The third-order valence-electron chi connectivity index (χ3n) is 1.50. The van der Waals surface area contributed by atoms with Crippen molar-refractivity contribution in [3.63, 3.8) is 0 Å². The maximum absolute atomic E-state index is 12.7. The molecular weight excluding hydrogens is 254 g/mol. The molecule has 0 aromatic carbocycles. The van der Waals surface area contributed by atoms with Crippen molar-refractivity contribution in [2.45, 2.75) is 30.9 Å². The van der Waals surface area contributed by atoms with Crippen LogP contribution in [0.1, 0.15) is 19.8 Å². The number of nitriles is 1. The van der Waals surface area contributed by atoms with E-state index in [9.17, 15) is 26.0 Å². The second-order valence-electron chi connectivity index (χ2n) is 2.94. The first-order chi connectivity index (χ1) is 7.06. The van der Waals surface area contributed by atoms with E-state index < -0.39 is 27.9 Å². The van der Waals surface area contributed by atoms with Gasteiger partial charge in [-0.05, 0) is 6.42 Å². The molecular formula is C7H9F4NO3S. The quantitative estimate of drug-likeness (QED) is 0.417. The van der Waals surface area contributed by atoms with E-state index in [4.69, 9.17) is 5.26 Å². The van der Waals surface area contributed by atoms with Gasteiger partial charge < -0.3 is 0 Å². The van der Waals surface area contributed by atoms with Crippen molar-refractivity contribution in [3.05, 3.63) is 0 Å². The fourth-order valence-corrected chi connectivity index (χ4v) is 1.54. The molecule has 0 saturated heterocycles. The molecule has 0 atom stereocenters. The highest BCUT2D eigenvalue weighted by molar-refractivity contribution is 7.87. The Morgan fingerprint density at radius 1 is 1.31 bits per heavy atom. The molecule has 0 aliphatic carbocycles. The van der Waals surface area contributed by atoms with Gasteiger partial charge in [0.25, 0.3) is 0 Å². The van der Waals surface area contributed by atoms with Crippen LogP contribution in [0.4, 0.5) is 17.6 Å². The summed E-state index contributed by atoms with van der Waals surface area (Å²) in [5.41, 5.74) is 0. The largest absolute Gasteiger partial charge is 0.431 e. The van der Waals surface area contributed by atoms with Crippen LogP contribution in [0.5, 0.6) is 0 Å². The van der Waals surface area contributed by atoms with Gasteiger partial charge >= 0.3 is 21.3 Å². The number of unbranched alkanes of at least 4 members (excludes halogenated alkanes) is 1. The SMILES string of the molecule is CC(F)(F)C(F)(F)S(=O)(=O)OCCCC#N. The van der Waals surface area contributed by atoms with Crippen molar-refractivity contribution in [1.82, 2.24) is 0 Å². The van der Waals surface area contributed by atoms with Crippen LogP contribution in [0, 0.1) is 11.3 Å². The molecule has 0 bridgehead atoms. The Kier molecular flexibility index (Phi) is 4.69. The van der Waals surface area contributed by atoms with Crippen molar-refractivity contribution < 1.29 is 30.2 Å². The van der Waals surface area contributed by atoms with E-state index in [0.717, 1.165) is 0 Å². The summed E-state index contributed by atoms with van der Waals surface area (Å²) in [6.45, 7) is -0.954. The summed E-state index contributed by atoms with van der Waals surface area (Å²) in [5.74, 6) is -4.74. The summed E-state index contributed by atoms with van der Waals surface area (Å²) in [5, 5.41) is 2.78. The molecule has 0 saturated carbocycles. The van der Waals surface area contributed by atoms with Crippen LogP contribution in [0.3, 0.4) is 0 Å². The lowest BCUT2D eigenvalue weighted by atomic mass is 10.4. The highest BCUT2D eigenvalue weighted by Gasteiger charge is 2.63. The zero-order chi connectivity index (χ0) is 13.0. The summed E-state index contributed by atoms with van der Waals surface area (Å²) >= 11 is 0. The predicted octanol–water partition coefficient (Wildman–Crippen LogP) is 1.88. The predicted molar refractivity (Wildman–Crippen MR) is 45.3 cm³/mol. The van der Waals surface area contributed by atoms with Gasteiger partial charge in [-0.15, -0.1) is 0 Å². The van der Waals surface area contributed by atoms with Crippen molar-refractivity contribution in [3.8, 4) is 6.07 Å². The maximum Gasteiger partial charge on any atom is 0.431 e. The van der Waals surface area contributed by atoms with E-state index in [1.54, 1.807) is 6.07 Å². The third-order valence-corrected chi connectivity index (χ3v) is 2.96. The molecule has 0 spiro atoms. The number of hydrogen-bond acceptors (Lipinski definition) is 4. The Morgan fingerprint density at radius 3 is 2.19 bits per heavy atom. The molecule has 0 unspecified atom stereocenters. The molecule has 94 valence electrons. The summed E-state index contributed by atoms with van der Waals surface area (Å²) < 4.78 is 75.2. The number of rotatable bonds is 6. The van der Waals surface area contributed by atoms with Crippen LogP contribution in [0.2, 0.25) is 0 Å². The molecule has 0 aliphatic heterocycles. The van der Waals surface area contributed by atoms with Crippen LogP contribution >= 0.6 is 0 Å². The van der Waals surface area contributed by atoms with E-state index in [1.165, 1.54) is 0 Å². The molecule has 0 fully saturated rings. The van der Waals surface area contributed by atoms with E-state index in [-0.39, 0.29) is 19.8 Å². The second-order valence-corrected chi connectivity index (χ2v) is 4.60. The van der Waals surface area contributed by atoms with Crippen LogP contribution in [-0.4, -0.2) is 26.2 Å². The Balaban J connectivity index is 4.63. The fraction of sp³-hybridized carbons (Fsp3) is 0.857. The Bertz CT molecular complexity index is 368. The van der Waals surface area contributed by atoms with Gasteiger partial charge in [-0.3, -0.25) is 4.18 Å². The first-order valence-electron chi connectivity index (χ1n) is 4.08. The molecule has 0 aliphatic rings. The Labute approximate surface area is 89.9 Å². The van der Waals surface area contributed by atoms with E-state index >= 15 is 0 Å². The minimum Gasteiger partial charge on any atom is -0.265 e.